The third-order valence-corrected chi connectivity index (χ3v) is 8.49. The van der Waals surface area contributed by atoms with Crippen molar-refractivity contribution in [2.45, 2.75) is 36.2 Å². The lowest BCUT2D eigenvalue weighted by Crippen LogP contribution is -2.47. The van der Waals surface area contributed by atoms with Crippen LogP contribution in [-0.2, 0) is 4.79 Å². The summed E-state index contributed by atoms with van der Waals surface area (Å²) in [6.45, 7) is 0. The van der Waals surface area contributed by atoms with Crippen molar-refractivity contribution in [2.75, 3.05) is 11.5 Å². The SMILES string of the molecule is O=C(O)C1C[C@@H]2CCC[C@@H](C1)C21SCCS1. The maximum absolute atomic E-state index is 11.2. The molecule has 16 heavy (non-hydrogen) atoms. The number of rotatable bonds is 1. The van der Waals surface area contributed by atoms with E-state index in [-0.39, 0.29) is 5.92 Å². The van der Waals surface area contributed by atoms with Gasteiger partial charge in [0.1, 0.15) is 0 Å². The first-order chi connectivity index (χ1) is 7.72. The van der Waals surface area contributed by atoms with Gasteiger partial charge in [-0.15, -0.1) is 23.5 Å². The van der Waals surface area contributed by atoms with E-state index in [1.807, 2.05) is 0 Å². The molecule has 90 valence electrons. The Bertz CT molecular complexity index is 283. The molecule has 0 radical (unpaired) electrons. The van der Waals surface area contributed by atoms with Gasteiger partial charge in [0, 0.05) is 11.5 Å². The topological polar surface area (TPSA) is 37.3 Å². The Labute approximate surface area is 105 Å². The minimum absolute atomic E-state index is 0.0530. The normalized spacial score (nSPS) is 41.1. The summed E-state index contributed by atoms with van der Waals surface area (Å²) in [5.74, 6) is 3.27. The van der Waals surface area contributed by atoms with Crippen LogP contribution in [0.1, 0.15) is 32.1 Å². The van der Waals surface area contributed by atoms with Gasteiger partial charge in [0.15, 0.2) is 0 Å². The van der Waals surface area contributed by atoms with E-state index < -0.39 is 5.97 Å². The molecule has 0 aromatic carbocycles. The average Bonchev–Trinajstić information content (AvgIpc) is 2.66. The van der Waals surface area contributed by atoms with Crippen molar-refractivity contribution < 1.29 is 9.90 Å². The Hall–Kier alpha value is 0.170. The predicted octanol–water partition coefficient (Wildman–Crippen LogP) is 3.07. The highest BCUT2D eigenvalue weighted by atomic mass is 32.2. The first kappa shape index (κ1) is 11.3. The number of thioether (sulfide) groups is 2. The molecule has 2 saturated carbocycles. The third-order valence-electron chi connectivity index (χ3n) is 4.47. The molecule has 1 spiro atoms. The number of carbonyl (C=O) groups is 1. The molecular formula is C12H18O2S2. The maximum Gasteiger partial charge on any atom is 0.306 e. The molecule has 1 N–H and O–H groups in total. The number of hydrogen-bond acceptors (Lipinski definition) is 3. The van der Waals surface area contributed by atoms with Gasteiger partial charge in [0.25, 0.3) is 0 Å². The lowest BCUT2D eigenvalue weighted by Gasteiger charge is -2.51. The van der Waals surface area contributed by atoms with Gasteiger partial charge < -0.3 is 5.11 Å². The quantitative estimate of drug-likeness (QED) is 0.784. The van der Waals surface area contributed by atoms with Gasteiger partial charge in [-0.05, 0) is 37.5 Å². The van der Waals surface area contributed by atoms with Crippen molar-refractivity contribution in [3.8, 4) is 0 Å². The van der Waals surface area contributed by atoms with Gasteiger partial charge in [-0.25, -0.2) is 0 Å². The number of hydrogen-bond donors (Lipinski definition) is 1. The summed E-state index contributed by atoms with van der Waals surface area (Å²) in [6.07, 6.45) is 5.72. The molecule has 3 fully saturated rings. The minimum atomic E-state index is -0.556. The lowest BCUT2D eigenvalue weighted by atomic mass is 9.67. The molecule has 1 aliphatic heterocycles. The van der Waals surface area contributed by atoms with Gasteiger partial charge >= 0.3 is 5.97 Å². The molecule has 2 atom stereocenters. The molecule has 4 heteroatoms. The van der Waals surface area contributed by atoms with E-state index in [0.29, 0.717) is 15.9 Å². The van der Waals surface area contributed by atoms with Crippen LogP contribution in [0.4, 0.5) is 0 Å². The predicted molar refractivity (Wildman–Crippen MR) is 68.8 cm³/mol. The second kappa shape index (κ2) is 4.13. The Morgan fingerprint density at radius 2 is 1.69 bits per heavy atom. The van der Waals surface area contributed by atoms with E-state index in [2.05, 4.69) is 23.5 Å². The van der Waals surface area contributed by atoms with Crippen LogP contribution in [0.5, 0.6) is 0 Å². The summed E-state index contributed by atoms with van der Waals surface area (Å²) in [5, 5.41) is 9.21. The van der Waals surface area contributed by atoms with E-state index in [1.165, 1.54) is 30.8 Å². The van der Waals surface area contributed by atoms with Crippen LogP contribution in [0.25, 0.3) is 0 Å². The molecule has 3 aliphatic rings. The van der Waals surface area contributed by atoms with Crippen LogP contribution in [0.3, 0.4) is 0 Å². The van der Waals surface area contributed by atoms with Crippen LogP contribution in [0.2, 0.25) is 0 Å². The molecule has 0 amide bonds. The van der Waals surface area contributed by atoms with E-state index in [9.17, 15) is 9.90 Å². The van der Waals surface area contributed by atoms with Crippen molar-refractivity contribution in [3.05, 3.63) is 0 Å². The van der Waals surface area contributed by atoms with E-state index in [0.717, 1.165) is 12.8 Å². The van der Waals surface area contributed by atoms with Gasteiger partial charge in [0.2, 0.25) is 0 Å². The number of carboxylic acid groups (broad SMARTS) is 1. The lowest BCUT2D eigenvalue weighted by molar-refractivity contribution is -0.144. The first-order valence-corrected chi connectivity index (χ1v) is 8.20. The van der Waals surface area contributed by atoms with Gasteiger partial charge in [-0.3, -0.25) is 4.79 Å². The fourth-order valence-electron chi connectivity index (χ4n) is 3.81. The molecular weight excluding hydrogens is 240 g/mol. The van der Waals surface area contributed by atoms with Gasteiger partial charge in [-0.2, -0.15) is 0 Å². The largest absolute Gasteiger partial charge is 0.481 e. The highest BCUT2D eigenvalue weighted by molar-refractivity contribution is 8.21. The Morgan fingerprint density at radius 1 is 1.12 bits per heavy atom. The zero-order chi connectivity index (χ0) is 11.2. The van der Waals surface area contributed by atoms with Crippen molar-refractivity contribution in [1.29, 1.82) is 0 Å². The van der Waals surface area contributed by atoms with Crippen molar-refractivity contribution in [1.82, 2.24) is 0 Å². The highest BCUT2D eigenvalue weighted by Gasteiger charge is 2.55. The fraction of sp³-hybridized carbons (Fsp3) is 0.917. The monoisotopic (exact) mass is 258 g/mol. The summed E-state index contributed by atoms with van der Waals surface area (Å²) in [5.41, 5.74) is 0. The first-order valence-electron chi connectivity index (χ1n) is 6.23. The van der Waals surface area contributed by atoms with Gasteiger partial charge in [0.05, 0.1) is 10.00 Å². The van der Waals surface area contributed by atoms with Gasteiger partial charge in [-0.1, -0.05) is 6.42 Å². The van der Waals surface area contributed by atoms with Crippen LogP contribution in [0, 0.1) is 17.8 Å². The summed E-state index contributed by atoms with van der Waals surface area (Å²) < 4.78 is 0.421. The van der Waals surface area contributed by atoms with E-state index >= 15 is 0 Å². The molecule has 2 nitrogen and oxygen atoms in total. The number of carboxylic acids is 1. The van der Waals surface area contributed by atoms with Crippen LogP contribution in [-0.4, -0.2) is 26.7 Å². The van der Waals surface area contributed by atoms with Crippen LogP contribution in [0.15, 0.2) is 0 Å². The maximum atomic E-state index is 11.2. The van der Waals surface area contributed by atoms with Crippen LogP contribution >= 0.6 is 23.5 Å². The summed E-state index contributed by atoms with van der Waals surface area (Å²) in [7, 11) is 0. The minimum Gasteiger partial charge on any atom is -0.481 e. The third kappa shape index (κ3) is 1.60. The van der Waals surface area contributed by atoms with E-state index in [4.69, 9.17) is 0 Å². The highest BCUT2D eigenvalue weighted by Crippen LogP contribution is 2.64. The van der Waals surface area contributed by atoms with Crippen molar-refractivity contribution in [2.24, 2.45) is 17.8 Å². The summed E-state index contributed by atoms with van der Waals surface area (Å²) in [6, 6.07) is 0. The number of aliphatic carboxylic acids is 1. The molecule has 0 aromatic rings. The summed E-state index contributed by atoms with van der Waals surface area (Å²) >= 11 is 4.28. The second-order valence-corrected chi connectivity index (χ2v) is 8.25. The van der Waals surface area contributed by atoms with Crippen molar-refractivity contribution in [3.63, 3.8) is 0 Å². The molecule has 1 saturated heterocycles. The zero-order valence-corrected chi connectivity index (χ0v) is 11.0. The molecule has 2 bridgehead atoms. The molecule has 0 unspecified atom stereocenters. The molecule has 3 rings (SSSR count). The standard InChI is InChI=1S/C12H18O2S2/c13-11(14)8-6-9-2-1-3-10(7-8)12(9)15-4-5-16-12/h8-10H,1-7H2,(H,13,14)/t9-,10-/m0/s1. The Morgan fingerprint density at radius 3 is 2.19 bits per heavy atom. The Kier molecular flexibility index (Phi) is 2.91. The second-order valence-electron chi connectivity index (χ2n) is 5.25. The molecule has 0 aromatic heterocycles. The van der Waals surface area contributed by atoms with Crippen LogP contribution < -0.4 is 0 Å². The summed E-state index contributed by atoms with van der Waals surface area (Å²) in [4.78, 5) is 11.2. The smallest absolute Gasteiger partial charge is 0.306 e. The molecule has 2 aliphatic carbocycles. The van der Waals surface area contributed by atoms with E-state index in [1.54, 1.807) is 0 Å². The molecule has 1 heterocycles. The zero-order valence-electron chi connectivity index (χ0n) is 9.35. The fourth-order valence-corrected chi connectivity index (χ4v) is 7.75. The average molecular weight is 258 g/mol. The Balaban J connectivity index is 1.85. The van der Waals surface area contributed by atoms with Crippen molar-refractivity contribution >= 4 is 29.5 Å².